The Morgan fingerprint density at radius 1 is 0.417 bits per heavy atom. The molecule has 0 fully saturated rings. The molecular formula is C43H29N5. The summed E-state index contributed by atoms with van der Waals surface area (Å²) in [6.45, 7) is 0. The third-order valence-corrected chi connectivity index (χ3v) is 8.79. The molecule has 0 spiro atoms. The molecule has 9 rings (SSSR count). The van der Waals surface area contributed by atoms with Crippen LogP contribution in [-0.2, 0) is 0 Å². The van der Waals surface area contributed by atoms with Gasteiger partial charge in [0.2, 0.25) is 0 Å². The molecule has 0 aliphatic carbocycles. The zero-order valence-corrected chi connectivity index (χ0v) is 26.0. The number of benzene rings is 6. The monoisotopic (exact) mass is 615 g/mol. The van der Waals surface area contributed by atoms with Gasteiger partial charge in [0.1, 0.15) is 5.65 Å². The first-order valence-corrected chi connectivity index (χ1v) is 16.0. The van der Waals surface area contributed by atoms with Gasteiger partial charge in [-0.2, -0.15) is 0 Å². The maximum atomic E-state index is 5.12. The second kappa shape index (κ2) is 11.6. The van der Waals surface area contributed by atoms with Crippen molar-refractivity contribution >= 4 is 44.5 Å². The van der Waals surface area contributed by atoms with Crippen molar-refractivity contribution in [2.75, 3.05) is 4.90 Å². The third kappa shape index (κ3) is 5.04. The molecule has 0 saturated carbocycles. The van der Waals surface area contributed by atoms with Crippen LogP contribution in [0.1, 0.15) is 0 Å². The Morgan fingerprint density at radius 3 is 1.67 bits per heavy atom. The first-order valence-electron chi connectivity index (χ1n) is 16.0. The molecule has 0 amide bonds. The van der Waals surface area contributed by atoms with Crippen LogP contribution in [-0.4, -0.2) is 19.4 Å². The van der Waals surface area contributed by atoms with E-state index in [1.54, 1.807) is 0 Å². The standard InChI is InChI=1S/C43H29N5/c1-2-11-32(12-3-1)42-43(46-39-15-7-6-14-38(39)45-42)33-20-24-36(25-21-33)48(37-26-17-30-10-4-5-13-34(30)28-37)35-22-18-31(19-23-35)40-29-47-27-9-8-16-41(47)44-40/h1-29H. The Bertz CT molecular complexity index is 2520. The number of fused-ring (bicyclic) bond motifs is 3. The van der Waals surface area contributed by atoms with Gasteiger partial charge in [0.05, 0.1) is 28.1 Å². The van der Waals surface area contributed by atoms with E-state index < -0.39 is 0 Å². The molecule has 0 aliphatic heterocycles. The normalized spacial score (nSPS) is 11.3. The number of rotatable bonds is 6. The van der Waals surface area contributed by atoms with Crippen molar-refractivity contribution in [2.24, 2.45) is 0 Å². The first kappa shape index (κ1) is 27.7. The number of aromatic nitrogens is 4. The van der Waals surface area contributed by atoms with E-state index in [4.69, 9.17) is 15.0 Å². The Labute approximate surface area is 278 Å². The predicted molar refractivity (Wildman–Crippen MR) is 197 cm³/mol. The van der Waals surface area contributed by atoms with Gasteiger partial charge in [0.15, 0.2) is 0 Å². The molecule has 0 atom stereocenters. The lowest BCUT2D eigenvalue weighted by Gasteiger charge is -2.26. The Kier molecular flexibility index (Phi) is 6.72. The lowest BCUT2D eigenvalue weighted by atomic mass is 10.0. The lowest BCUT2D eigenvalue weighted by molar-refractivity contribution is 1.19. The smallest absolute Gasteiger partial charge is 0.137 e. The van der Waals surface area contributed by atoms with E-state index in [0.29, 0.717) is 0 Å². The zero-order valence-electron chi connectivity index (χ0n) is 26.0. The fourth-order valence-corrected chi connectivity index (χ4v) is 6.39. The van der Waals surface area contributed by atoms with E-state index in [0.717, 1.165) is 67.5 Å². The van der Waals surface area contributed by atoms with E-state index >= 15 is 0 Å². The first-order chi connectivity index (χ1) is 23.8. The summed E-state index contributed by atoms with van der Waals surface area (Å²) in [5.74, 6) is 0. The molecule has 0 bridgehead atoms. The number of para-hydroxylation sites is 2. The van der Waals surface area contributed by atoms with E-state index in [9.17, 15) is 0 Å². The van der Waals surface area contributed by atoms with Crippen LogP contribution in [0.5, 0.6) is 0 Å². The van der Waals surface area contributed by atoms with E-state index in [2.05, 4.69) is 119 Å². The van der Waals surface area contributed by atoms with Gasteiger partial charge in [-0.3, -0.25) is 0 Å². The van der Waals surface area contributed by atoms with Crippen molar-refractivity contribution < 1.29 is 0 Å². The zero-order chi connectivity index (χ0) is 31.9. The summed E-state index contributed by atoms with van der Waals surface area (Å²) in [5.41, 5.74) is 11.7. The van der Waals surface area contributed by atoms with Crippen LogP contribution < -0.4 is 4.90 Å². The van der Waals surface area contributed by atoms with Gasteiger partial charge < -0.3 is 9.30 Å². The molecule has 5 nitrogen and oxygen atoms in total. The van der Waals surface area contributed by atoms with Gasteiger partial charge in [0.25, 0.3) is 0 Å². The minimum Gasteiger partial charge on any atom is -0.310 e. The fourth-order valence-electron chi connectivity index (χ4n) is 6.39. The highest BCUT2D eigenvalue weighted by Crippen LogP contribution is 2.39. The van der Waals surface area contributed by atoms with Gasteiger partial charge in [-0.25, -0.2) is 15.0 Å². The summed E-state index contributed by atoms with van der Waals surface area (Å²) in [5, 5.41) is 2.40. The Hall–Kier alpha value is -6.59. The molecule has 3 aromatic heterocycles. The minimum absolute atomic E-state index is 0.862. The topological polar surface area (TPSA) is 46.3 Å². The summed E-state index contributed by atoms with van der Waals surface area (Å²) in [6.07, 6.45) is 4.10. The average molecular weight is 616 g/mol. The molecule has 0 radical (unpaired) electrons. The van der Waals surface area contributed by atoms with Crippen LogP contribution in [0.25, 0.3) is 61.2 Å². The second-order valence-electron chi connectivity index (χ2n) is 11.8. The van der Waals surface area contributed by atoms with Gasteiger partial charge >= 0.3 is 0 Å². The van der Waals surface area contributed by atoms with Crippen LogP contribution in [0, 0.1) is 0 Å². The Morgan fingerprint density at radius 2 is 0.979 bits per heavy atom. The molecule has 0 saturated heterocycles. The van der Waals surface area contributed by atoms with Crippen LogP contribution in [0.2, 0.25) is 0 Å². The maximum absolute atomic E-state index is 5.12. The highest BCUT2D eigenvalue weighted by atomic mass is 15.1. The quantitative estimate of drug-likeness (QED) is 0.187. The third-order valence-electron chi connectivity index (χ3n) is 8.79. The van der Waals surface area contributed by atoms with Crippen LogP contribution in [0.4, 0.5) is 17.1 Å². The van der Waals surface area contributed by atoms with E-state index in [1.165, 1.54) is 10.8 Å². The molecule has 6 aromatic carbocycles. The Balaban J connectivity index is 1.14. The van der Waals surface area contributed by atoms with Crippen LogP contribution in [0.3, 0.4) is 0 Å². The molecule has 226 valence electrons. The lowest BCUT2D eigenvalue weighted by Crippen LogP contribution is -2.10. The maximum Gasteiger partial charge on any atom is 0.137 e. The van der Waals surface area contributed by atoms with Gasteiger partial charge in [-0.1, -0.05) is 103 Å². The highest BCUT2D eigenvalue weighted by molar-refractivity contribution is 5.90. The van der Waals surface area contributed by atoms with Crippen LogP contribution in [0.15, 0.2) is 176 Å². The second-order valence-corrected chi connectivity index (χ2v) is 11.8. The molecular weight excluding hydrogens is 587 g/mol. The van der Waals surface area contributed by atoms with Crippen LogP contribution >= 0.6 is 0 Å². The predicted octanol–water partition coefficient (Wildman–Crippen LogP) is 10.9. The van der Waals surface area contributed by atoms with Gasteiger partial charge in [-0.05, 0) is 71.4 Å². The molecule has 0 N–H and O–H groups in total. The molecule has 9 aromatic rings. The fraction of sp³-hybridized carbons (Fsp3) is 0. The van der Waals surface area contributed by atoms with Gasteiger partial charge in [0, 0.05) is 46.1 Å². The number of hydrogen-bond acceptors (Lipinski definition) is 4. The molecule has 0 unspecified atom stereocenters. The number of nitrogens with zero attached hydrogens (tertiary/aromatic N) is 5. The van der Waals surface area contributed by atoms with Crippen molar-refractivity contribution in [1.29, 1.82) is 0 Å². The summed E-state index contributed by atoms with van der Waals surface area (Å²) in [6, 6.07) is 56.8. The summed E-state index contributed by atoms with van der Waals surface area (Å²) in [4.78, 5) is 17.3. The van der Waals surface area contributed by atoms with E-state index in [1.807, 2.05) is 66.9 Å². The molecule has 48 heavy (non-hydrogen) atoms. The van der Waals surface area contributed by atoms with Crippen molar-refractivity contribution in [1.82, 2.24) is 19.4 Å². The molecule has 3 heterocycles. The van der Waals surface area contributed by atoms with E-state index in [-0.39, 0.29) is 0 Å². The minimum atomic E-state index is 0.862. The van der Waals surface area contributed by atoms with Gasteiger partial charge in [-0.15, -0.1) is 0 Å². The number of hydrogen-bond donors (Lipinski definition) is 0. The number of pyridine rings is 1. The SMILES string of the molecule is c1ccc(-c2nc3ccccc3nc2-c2ccc(N(c3ccc(-c4cn5ccccc5n4)cc3)c3ccc4ccccc4c3)cc2)cc1. The number of anilines is 3. The number of imidazole rings is 1. The molecule has 0 aliphatic rings. The van der Waals surface area contributed by atoms with Crippen molar-refractivity contribution in [3.05, 3.63) is 176 Å². The molecule has 5 heteroatoms. The summed E-state index contributed by atoms with van der Waals surface area (Å²) < 4.78 is 2.05. The highest BCUT2D eigenvalue weighted by Gasteiger charge is 2.17. The van der Waals surface area contributed by atoms with Crippen molar-refractivity contribution in [3.63, 3.8) is 0 Å². The average Bonchev–Trinajstić information content (AvgIpc) is 3.60. The van der Waals surface area contributed by atoms with Crippen molar-refractivity contribution in [3.8, 4) is 33.8 Å². The summed E-state index contributed by atoms with van der Waals surface area (Å²) >= 11 is 0. The largest absolute Gasteiger partial charge is 0.310 e. The van der Waals surface area contributed by atoms with Crippen molar-refractivity contribution in [2.45, 2.75) is 0 Å². The summed E-state index contributed by atoms with van der Waals surface area (Å²) in [7, 11) is 0.